The van der Waals surface area contributed by atoms with E-state index in [1.54, 1.807) is 0 Å². The first-order chi connectivity index (χ1) is 7.43. The summed E-state index contributed by atoms with van der Waals surface area (Å²) < 4.78 is 5.36. The summed E-state index contributed by atoms with van der Waals surface area (Å²) in [5, 5.41) is 3.39. The molecule has 0 aliphatic heterocycles. The summed E-state index contributed by atoms with van der Waals surface area (Å²) in [7, 11) is 0. The van der Waals surface area contributed by atoms with Crippen LogP contribution in [0.1, 0.15) is 34.6 Å². The zero-order valence-electron chi connectivity index (χ0n) is 10.9. The molecule has 1 aromatic heterocycles. The first-order valence-electron chi connectivity index (χ1n) is 5.80. The largest absolute Gasteiger partial charge is 0.478 e. The monoisotopic (exact) mass is 222 g/mol. The Morgan fingerprint density at radius 2 is 2.06 bits per heavy atom. The first kappa shape index (κ1) is 12.8. The summed E-state index contributed by atoms with van der Waals surface area (Å²) in [6.45, 7) is 11.4. The minimum absolute atomic E-state index is 0.212. The van der Waals surface area contributed by atoms with Crippen LogP contribution in [0.15, 0.2) is 18.2 Å². The average molecular weight is 222 g/mol. The predicted molar refractivity (Wildman–Crippen MR) is 67.9 cm³/mol. The number of aromatic nitrogens is 1. The van der Waals surface area contributed by atoms with Gasteiger partial charge >= 0.3 is 0 Å². The van der Waals surface area contributed by atoms with Crippen LogP contribution < -0.4 is 10.1 Å². The SMILES string of the molecule is CCOc1cccc(NC(C)C(C)(C)C)n1. The van der Waals surface area contributed by atoms with Gasteiger partial charge in [0.2, 0.25) is 5.88 Å². The van der Waals surface area contributed by atoms with Gasteiger partial charge in [-0.2, -0.15) is 4.98 Å². The molecule has 1 unspecified atom stereocenters. The second kappa shape index (κ2) is 5.19. The van der Waals surface area contributed by atoms with E-state index >= 15 is 0 Å². The standard InChI is InChI=1S/C13H22N2O/c1-6-16-12-9-7-8-11(15-12)14-10(2)13(3,4)5/h7-10H,6H2,1-5H3,(H,14,15). The van der Waals surface area contributed by atoms with Gasteiger partial charge in [0.05, 0.1) is 6.61 Å². The molecular formula is C13H22N2O. The van der Waals surface area contributed by atoms with Crippen molar-refractivity contribution in [3.63, 3.8) is 0 Å². The summed E-state index contributed by atoms with van der Waals surface area (Å²) >= 11 is 0. The smallest absolute Gasteiger partial charge is 0.215 e. The van der Waals surface area contributed by atoms with Crippen LogP contribution in [-0.2, 0) is 0 Å². The lowest BCUT2D eigenvalue weighted by molar-refractivity contribution is 0.326. The molecule has 1 aromatic rings. The highest BCUT2D eigenvalue weighted by Gasteiger charge is 2.19. The number of hydrogen-bond acceptors (Lipinski definition) is 3. The molecule has 3 heteroatoms. The molecule has 0 aliphatic carbocycles. The number of hydrogen-bond donors (Lipinski definition) is 1. The number of pyridine rings is 1. The maximum Gasteiger partial charge on any atom is 0.215 e. The van der Waals surface area contributed by atoms with Crippen LogP contribution in [0, 0.1) is 5.41 Å². The predicted octanol–water partition coefficient (Wildman–Crippen LogP) is 3.33. The minimum atomic E-state index is 0.212. The van der Waals surface area contributed by atoms with Crippen molar-refractivity contribution in [3.8, 4) is 5.88 Å². The van der Waals surface area contributed by atoms with E-state index in [-0.39, 0.29) is 5.41 Å². The number of nitrogens with zero attached hydrogens (tertiary/aromatic N) is 1. The molecule has 16 heavy (non-hydrogen) atoms. The summed E-state index contributed by atoms with van der Waals surface area (Å²) in [6.07, 6.45) is 0. The minimum Gasteiger partial charge on any atom is -0.478 e. The third-order valence-corrected chi connectivity index (χ3v) is 2.68. The summed E-state index contributed by atoms with van der Waals surface area (Å²) in [5.74, 6) is 1.54. The van der Waals surface area contributed by atoms with Gasteiger partial charge in [-0.25, -0.2) is 0 Å². The normalized spacial score (nSPS) is 13.3. The van der Waals surface area contributed by atoms with E-state index in [0.717, 1.165) is 5.82 Å². The van der Waals surface area contributed by atoms with Crippen molar-refractivity contribution in [1.29, 1.82) is 0 Å². The third kappa shape index (κ3) is 3.72. The second-order valence-electron chi connectivity index (χ2n) is 5.03. The second-order valence-corrected chi connectivity index (χ2v) is 5.03. The third-order valence-electron chi connectivity index (χ3n) is 2.68. The highest BCUT2D eigenvalue weighted by Crippen LogP contribution is 2.22. The number of ether oxygens (including phenoxy) is 1. The van der Waals surface area contributed by atoms with Crippen LogP contribution in [0.25, 0.3) is 0 Å². The molecule has 0 amide bonds. The molecule has 0 saturated heterocycles. The van der Waals surface area contributed by atoms with Crippen molar-refractivity contribution >= 4 is 5.82 Å². The Balaban J connectivity index is 2.70. The molecular weight excluding hydrogens is 200 g/mol. The summed E-state index contributed by atoms with van der Waals surface area (Å²) in [4.78, 5) is 4.38. The lowest BCUT2D eigenvalue weighted by atomic mass is 9.88. The van der Waals surface area contributed by atoms with E-state index in [1.165, 1.54) is 0 Å². The lowest BCUT2D eigenvalue weighted by Crippen LogP contribution is -2.31. The van der Waals surface area contributed by atoms with Crippen LogP contribution in [0.2, 0.25) is 0 Å². The van der Waals surface area contributed by atoms with Crippen molar-refractivity contribution in [3.05, 3.63) is 18.2 Å². The Hall–Kier alpha value is -1.25. The number of rotatable bonds is 4. The molecule has 0 saturated carbocycles. The van der Waals surface area contributed by atoms with Crippen LogP contribution >= 0.6 is 0 Å². The Morgan fingerprint density at radius 1 is 1.38 bits per heavy atom. The summed E-state index contributed by atoms with van der Waals surface area (Å²) in [5.41, 5.74) is 0.212. The van der Waals surface area contributed by atoms with Crippen LogP contribution in [0.3, 0.4) is 0 Å². The van der Waals surface area contributed by atoms with Gasteiger partial charge in [0.15, 0.2) is 0 Å². The highest BCUT2D eigenvalue weighted by atomic mass is 16.5. The number of nitrogens with one attached hydrogen (secondary N) is 1. The van der Waals surface area contributed by atoms with E-state index in [2.05, 4.69) is 38.0 Å². The molecule has 1 heterocycles. The molecule has 0 fully saturated rings. The van der Waals surface area contributed by atoms with E-state index in [4.69, 9.17) is 4.74 Å². The van der Waals surface area contributed by atoms with Crippen LogP contribution in [0.5, 0.6) is 5.88 Å². The Kier molecular flexibility index (Phi) is 4.16. The van der Waals surface area contributed by atoms with Gasteiger partial charge in [-0.05, 0) is 25.3 Å². The maximum absolute atomic E-state index is 5.36. The molecule has 1 rings (SSSR count). The Labute approximate surface area is 98.2 Å². The van der Waals surface area contributed by atoms with Crippen molar-refractivity contribution in [2.75, 3.05) is 11.9 Å². The molecule has 0 aliphatic rings. The summed E-state index contributed by atoms with van der Waals surface area (Å²) in [6, 6.07) is 6.15. The van der Waals surface area contributed by atoms with Gasteiger partial charge in [0.1, 0.15) is 5.82 Å². The van der Waals surface area contributed by atoms with Crippen LogP contribution in [0.4, 0.5) is 5.82 Å². The van der Waals surface area contributed by atoms with Crippen molar-refractivity contribution < 1.29 is 4.74 Å². The van der Waals surface area contributed by atoms with Gasteiger partial charge in [-0.1, -0.05) is 26.8 Å². The van der Waals surface area contributed by atoms with Gasteiger partial charge < -0.3 is 10.1 Å². The molecule has 3 nitrogen and oxygen atoms in total. The van der Waals surface area contributed by atoms with Crippen molar-refractivity contribution in [2.24, 2.45) is 5.41 Å². The van der Waals surface area contributed by atoms with Crippen LogP contribution in [-0.4, -0.2) is 17.6 Å². The van der Waals surface area contributed by atoms with Gasteiger partial charge in [0, 0.05) is 12.1 Å². The first-order valence-corrected chi connectivity index (χ1v) is 5.80. The zero-order chi connectivity index (χ0) is 12.2. The average Bonchev–Trinajstić information content (AvgIpc) is 2.17. The molecule has 90 valence electrons. The van der Waals surface area contributed by atoms with Gasteiger partial charge in [-0.3, -0.25) is 0 Å². The fourth-order valence-electron chi connectivity index (χ4n) is 1.16. The van der Waals surface area contributed by atoms with E-state index in [0.29, 0.717) is 18.5 Å². The van der Waals surface area contributed by atoms with E-state index < -0.39 is 0 Å². The van der Waals surface area contributed by atoms with Crippen molar-refractivity contribution in [1.82, 2.24) is 4.98 Å². The van der Waals surface area contributed by atoms with E-state index in [9.17, 15) is 0 Å². The zero-order valence-corrected chi connectivity index (χ0v) is 10.9. The molecule has 1 atom stereocenters. The molecule has 0 radical (unpaired) electrons. The van der Waals surface area contributed by atoms with Gasteiger partial charge in [-0.15, -0.1) is 0 Å². The highest BCUT2D eigenvalue weighted by molar-refractivity contribution is 5.38. The van der Waals surface area contributed by atoms with Gasteiger partial charge in [0.25, 0.3) is 0 Å². The quantitative estimate of drug-likeness (QED) is 0.848. The van der Waals surface area contributed by atoms with E-state index in [1.807, 2.05) is 25.1 Å². The van der Waals surface area contributed by atoms with Crippen molar-refractivity contribution in [2.45, 2.75) is 40.7 Å². The molecule has 0 aromatic carbocycles. The molecule has 1 N–H and O–H groups in total. The molecule has 0 bridgehead atoms. The maximum atomic E-state index is 5.36. The topological polar surface area (TPSA) is 34.1 Å². The Morgan fingerprint density at radius 3 is 2.62 bits per heavy atom. The Bertz CT molecular complexity index is 331. The number of anilines is 1. The lowest BCUT2D eigenvalue weighted by Gasteiger charge is -2.28. The molecule has 0 spiro atoms. The fraction of sp³-hybridized carbons (Fsp3) is 0.615. The fourth-order valence-corrected chi connectivity index (χ4v) is 1.16.